The molecule has 9 heteroatoms. The largest absolute Gasteiger partial charge is 0.396 e. The first-order chi connectivity index (χ1) is 16.7. The van der Waals surface area contributed by atoms with Crippen molar-refractivity contribution in [2.45, 2.75) is 63.4 Å². The van der Waals surface area contributed by atoms with Gasteiger partial charge in [-0.1, -0.05) is 12.8 Å². The number of fused-ring (bicyclic) bond motifs is 1. The van der Waals surface area contributed by atoms with Gasteiger partial charge in [-0.15, -0.1) is 0 Å². The monoisotopic (exact) mass is 471 g/mol. The highest BCUT2D eigenvalue weighted by atomic mass is 16.3. The molecular formula is C25H41N7O2. The number of hydrogen-bond acceptors (Lipinski definition) is 8. The lowest BCUT2D eigenvalue weighted by atomic mass is 9.91. The average Bonchev–Trinajstić information content (AvgIpc) is 3.15. The zero-order valence-corrected chi connectivity index (χ0v) is 20.1. The smallest absolute Gasteiger partial charge is 0.242 e. The molecule has 5 atom stereocenters. The van der Waals surface area contributed by atoms with E-state index in [2.05, 4.69) is 60.9 Å². The Bertz CT molecular complexity index is 797. The third-order valence-corrected chi connectivity index (χ3v) is 7.96. The van der Waals surface area contributed by atoms with Crippen molar-refractivity contribution in [3.63, 3.8) is 0 Å². The Kier molecular flexibility index (Phi) is 7.86. The van der Waals surface area contributed by atoms with Gasteiger partial charge in [0.05, 0.1) is 12.1 Å². The minimum atomic E-state index is -0.203. The molecule has 0 saturated carbocycles. The summed E-state index contributed by atoms with van der Waals surface area (Å²) in [4.78, 5) is 17.7. The summed E-state index contributed by atoms with van der Waals surface area (Å²) in [7, 11) is 0. The number of nitrogens with zero attached hydrogens (tertiary/aromatic N) is 2. The number of likely N-dealkylation sites (tertiary alicyclic amines) is 1. The fraction of sp³-hybridized carbons (Fsp3) is 0.720. The number of piperidine rings is 1. The lowest BCUT2D eigenvalue weighted by Crippen LogP contribution is -2.76. The lowest BCUT2D eigenvalue weighted by molar-refractivity contribution is -0.132. The number of rotatable bonds is 6. The van der Waals surface area contributed by atoms with Crippen LogP contribution in [0, 0.1) is 11.8 Å². The van der Waals surface area contributed by atoms with Gasteiger partial charge in [0.2, 0.25) is 5.91 Å². The van der Waals surface area contributed by atoms with Crippen LogP contribution in [0.3, 0.4) is 0 Å². The van der Waals surface area contributed by atoms with Crippen LogP contribution < -0.4 is 31.7 Å². The maximum atomic E-state index is 12.8. The van der Waals surface area contributed by atoms with Crippen LogP contribution in [0.5, 0.6) is 0 Å². The Morgan fingerprint density at radius 1 is 1.00 bits per heavy atom. The third-order valence-electron chi connectivity index (χ3n) is 7.96. The van der Waals surface area contributed by atoms with E-state index in [9.17, 15) is 9.90 Å². The number of aliphatic hydroxyl groups is 1. The van der Waals surface area contributed by atoms with Crippen molar-refractivity contribution in [2.75, 3.05) is 49.5 Å². The summed E-state index contributed by atoms with van der Waals surface area (Å²) in [5.74, 6) is 0.384. The average molecular weight is 472 g/mol. The van der Waals surface area contributed by atoms with E-state index in [1.54, 1.807) is 0 Å². The highest BCUT2D eigenvalue weighted by molar-refractivity contribution is 5.81. The molecule has 34 heavy (non-hydrogen) atoms. The molecule has 188 valence electrons. The Balaban J connectivity index is 1.27. The maximum Gasteiger partial charge on any atom is 0.242 e. The van der Waals surface area contributed by atoms with Gasteiger partial charge in [-0.25, -0.2) is 5.43 Å². The molecule has 1 aromatic carbocycles. The van der Waals surface area contributed by atoms with Crippen molar-refractivity contribution in [1.29, 1.82) is 0 Å². The number of nitrogens with one attached hydrogen (secondary N) is 5. The van der Waals surface area contributed by atoms with Crippen molar-refractivity contribution in [3.05, 3.63) is 24.3 Å². The van der Waals surface area contributed by atoms with Crippen LogP contribution in [0.4, 0.5) is 11.4 Å². The highest BCUT2D eigenvalue weighted by Crippen LogP contribution is 2.27. The second kappa shape index (κ2) is 11.2. The van der Waals surface area contributed by atoms with E-state index in [1.807, 2.05) is 0 Å². The molecule has 4 aliphatic rings. The molecular weight excluding hydrogens is 430 g/mol. The number of hydrogen-bond donors (Lipinski definition) is 6. The highest BCUT2D eigenvalue weighted by Gasteiger charge is 2.44. The number of carbonyl (C=O) groups excluding carboxylic acids is 1. The van der Waals surface area contributed by atoms with Crippen molar-refractivity contribution >= 4 is 17.3 Å². The maximum absolute atomic E-state index is 12.8. The third kappa shape index (κ3) is 5.49. The number of anilines is 2. The van der Waals surface area contributed by atoms with Gasteiger partial charge < -0.3 is 15.3 Å². The van der Waals surface area contributed by atoms with E-state index in [4.69, 9.17) is 0 Å². The van der Waals surface area contributed by atoms with E-state index < -0.39 is 0 Å². The molecule has 1 amide bonds. The van der Waals surface area contributed by atoms with E-state index in [0.29, 0.717) is 12.5 Å². The van der Waals surface area contributed by atoms with Crippen molar-refractivity contribution < 1.29 is 9.90 Å². The van der Waals surface area contributed by atoms with Gasteiger partial charge >= 0.3 is 0 Å². The summed E-state index contributed by atoms with van der Waals surface area (Å²) >= 11 is 0. The summed E-state index contributed by atoms with van der Waals surface area (Å²) in [6, 6.07) is 8.68. The van der Waals surface area contributed by atoms with Gasteiger partial charge in [0.1, 0.15) is 6.29 Å². The summed E-state index contributed by atoms with van der Waals surface area (Å²) in [5, 5.41) is 20.3. The SMILES string of the molecule is O=C1NNCC2NC(N3CCCCCC3)NC(Nc3ccc(N4CCCC(CCO)C4)cc3)C12. The van der Waals surface area contributed by atoms with E-state index in [-0.39, 0.29) is 36.9 Å². The fourth-order valence-electron chi connectivity index (χ4n) is 6.07. The van der Waals surface area contributed by atoms with Crippen LogP contribution in [0.2, 0.25) is 0 Å². The van der Waals surface area contributed by atoms with Crippen LogP contribution in [0.15, 0.2) is 24.3 Å². The predicted molar refractivity (Wildman–Crippen MR) is 134 cm³/mol. The molecule has 0 aliphatic carbocycles. The summed E-state index contributed by atoms with van der Waals surface area (Å²) in [6.45, 7) is 5.22. The number of amides is 1. The molecule has 1 aromatic rings. The van der Waals surface area contributed by atoms with E-state index in [0.717, 1.165) is 38.3 Å². The Hall–Kier alpha value is -1.91. The Morgan fingerprint density at radius 3 is 2.56 bits per heavy atom. The molecule has 9 nitrogen and oxygen atoms in total. The standard InChI is InChI=1S/C25H41N7O2/c33-15-11-18-6-5-14-32(17-18)20-9-7-19(8-10-20)27-23-22-21(16-26-30-24(22)34)28-25(29-23)31-12-3-1-2-4-13-31/h7-10,18,21-23,25-29,33H,1-6,11-17H2,(H,30,34). The Morgan fingerprint density at radius 2 is 1.79 bits per heavy atom. The van der Waals surface area contributed by atoms with E-state index in [1.165, 1.54) is 44.2 Å². The number of benzene rings is 1. The van der Waals surface area contributed by atoms with Gasteiger partial charge in [0, 0.05) is 56.7 Å². The molecule has 0 radical (unpaired) electrons. The van der Waals surface area contributed by atoms with Gasteiger partial charge in [-0.2, -0.15) is 0 Å². The molecule has 6 N–H and O–H groups in total. The van der Waals surface area contributed by atoms with Gasteiger partial charge in [0.25, 0.3) is 0 Å². The normalized spacial score (nSPS) is 33.0. The van der Waals surface area contributed by atoms with E-state index >= 15 is 0 Å². The second-order valence-corrected chi connectivity index (χ2v) is 10.3. The number of carbonyl (C=O) groups is 1. The Labute approximate surface area is 203 Å². The first-order valence-electron chi connectivity index (χ1n) is 13.2. The first kappa shape index (κ1) is 23.8. The summed E-state index contributed by atoms with van der Waals surface area (Å²) in [6.07, 6.45) is 8.20. The lowest BCUT2D eigenvalue weighted by Gasteiger charge is -2.48. The van der Waals surface area contributed by atoms with Gasteiger partial charge in [-0.3, -0.25) is 25.8 Å². The number of aliphatic hydroxyl groups excluding tert-OH is 1. The topological polar surface area (TPSA) is 104 Å². The first-order valence-corrected chi connectivity index (χ1v) is 13.2. The molecule has 4 fully saturated rings. The van der Waals surface area contributed by atoms with Crippen LogP contribution >= 0.6 is 0 Å². The molecule has 4 heterocycles. The zero-order valence-electron chi connectivity index (χ0n) is 20.1. The van der Waals surface area contributed by atoms with Crippen molar-refractivity contribution in [3.8, 4) is 0 Å². The minimum Gasteiger partial charge on any atom is -0.396 e. The fourth-order valence-corrected chi connectivity index (χ4v) is 6.07. The van der Waals surface area contributed by atoms with Crippen molar-refractivity contribution in [2.24, 2.45) is 11.8 Å². The number of hydrazine groups is 1. The van der Waals surface area contributed by atoms with Gasteiger partial charge in [-0.05, 0) is 62.3 Å². The van der Waals surface area contributed by atoms with Gasteiger partial charge in [0.15, 0.2) is 0 Å². The summed E-state index contributed by atoms with van der Waals surface area (Å²) in [5.41, 5.74) is 8.12. The molecule has 0 aromatic heterocycles. The minimum absolute atomic E-state index is 0.0166. The quantitative estimate of drug-likeness (QED) is 0.365. The molecule has 5 rings (SSSR count). The van der Waals surface area contributed by atoms with Crippen LogP contribution in [-0.4, -0.2) is 73.7 Å². The van der Waals surface area contributed by atoms with Crippen LogP contribution in [0.1, 0.15) is 44.9 Å². The zero-order chi connectivity index (χ0) is 23.3. The molecule has 5 unspecified atom stereocenters. The molecule has 4 saturated heterocycles. The van der Waals surface area contributed by atoms with Crippen molar-refractivity contribution in [1.82, 2.24) is 26.4 Å². The molecule has 0 spiro atoms. The molecule has 0 bridgehead atoms. The van der Waals surface area contributed by atoms with Crippen LogP contribution in [-0.2, 0) is 4.79 Å². The van der Waals surface area contributed by atoms with Crippen LogP contribution in [0.25, 0.3) is 0 Å². The second-order valence-electron chi connectivity index (χ2n) is 10.3. The predicted octanol–water partition coefficient (Wildman–Crippen LogP) is 0.995. The molecule has 4 aliphatic heterocycles. The summed E-state index contributed by atoms with van der Waals surface area (Å²) < 4.78 is 0.